The molecule has 0 aliphatic carbocycles. The van der Waals surface area contributed by atoms with Crippen molar-refractivity contribution in [3.05, 3.63) is 82.9 Å². The van der Waals surface area contributed by atoms with Crippen molar-refractivity contribution in [2.24, 2.45) is 4.99 Å². The molecule has 0 saturated carbocycles. The van der Waals surface area contributed by atoms with Crippen LogP contribution in [0.1, 0.15) is 49.4 Å². The molecule has 3 heterocycles. The van der Waals surface area contributed by atoms with Crippen LogP contribution in [0.3, 0.4) is 0 Å². The molecule has 1 aromatic carbocycles. The molecule has 4 rings (SSSR count). The molecule has 2 amide bonds. The second-order valence-corrected chi connectivity index (χ2v) is 10.4. The molecule has 8 nitrogen and oxygen atoms in total. The molecule has 214 valence electrons. The molecule has 41 heavy (non-hydrogen) atoms. The molecule has 1 fully saturated rings. The van der Waals surface area contributed by atoms with Crippen molar-refractivity contribution in [3.8, 4) is 11.3 Å². The van der Waals surface area contributed by atoms with Crippen LogP contribution in [0.25, 0.3) is 11.3 Å². The Morgan fingerprint density at radius 1 is 1.27 bits per heavy atom. The Kier molecular flexibility index (Phi) is 9.50. The Balaban J connectivity index is 1.85. The Hall–Kier alpha value is -4.11. The number of aryl methyl sites for hydroxylation is 1. The largest absolute Gasteiger partial charge is 0.474 e. The molecule has 2 aromatic heterocycles. The van der Waals surface area contributed by atoms with Gasteiger partial charge < -0.3 is 9.64 Å². The van der Waals surface area contributed by atoms with Crippen molar-refractivity contribution in [1.82, 2.24) is 14.9 Å². The minimum Gasteiger partial charge on any atom is -0.474 e. The van der Waals surface area contributed by atoms with Gasteiger partial charge in [-0.1, -0.05) is 44.2 Å². The molecule has 0 spiro atoms. The smallest absolute Gasteiger partial charge is 0.245 e. The Labute approximate surface area is 244 Å². The molecule has 1 aliphatic heterocycles. The highest BCUT2D eigenvalue weighted by molar-refractivity contribution is 6.33. The summed E-state index contributed by atoms with van der Waals surface area (Å²) >= 11 is 6.72. The van der Waals surface area contributed by atoms with E-state index < -0.39 is 5.82 Å². The monoisotopic (exact) mass is 577 g/mol. The van der Waals surface area contributed by atoms with Gasteiger partial charge in [-0.05, 0) is 48.7 Å². The Bertz CT molecular complexity index is 1480. The van der Waals surface area contributed by atoms with Gasteiger partial charge in [-0.3, -0.25) is 24.5 Å². The Morgan fingerprint density at radius 3 is 2.59 bits per heavy atom. The number of rotatable bonds is 8. The van der Waals surface area contributed by atoms with E-state index in [0.717, 1.165) is 5.56 Å². The average Bonchev–Trinajstić information content (AvgIpc) is 2.97. The van der Waals surface area contributed by atoms with Crippen LogP contribution in [-0.2, 0) is 14.3 Å². The van der Waals surface area contributed by atoms with Crippen LogP contribution < -0.4 is 4.90 Å². The van der Waals surface area contributed by atoms with Crippen molar-refractivity contribution in [2.45, 2.75) is 45.6 Å². The number of likely N-dealkylation sites (tertiary alicyclic amines) is 1. The summed E-state index contributed by atoms with van der Waals surface area (Å²) in [5.41, 5.74) is 2.81. The zero-order chi connectivity index (χ0) is 29.7. The number of aliphatic imine (C=N–C) groups is 1. The number of halogens is 2. The van der Waals surface area contributed by atoms with E-state index in [1.165, 1.54) is 17.0 Å². The van der Waals surface area contributed by atoms with E-state index in [2.05, 4.69) is 16.6 Å². The minimum absolute atomic E-state index is 0.00633. The van der Waals surface area contributed by atoms with Crippen LogP contribution in [0.5, 0.6) is 0 Å². The predicted molar refractivity (Wildman–Crippen MR) is 159 cm³/mol. The number of ether oxygens (including phenoxy) is 1. The fourth-order valence-electron chi connectivity index (χ4n) is 4.90. The van der Waals surface area contributed by atoms with Crippen molar-refractivity contribution < 1.29 is 18.7 Å². The standard InChI is InChI=1S/C31H33ClFN5O3/c1-6-26(40)37-15-12-21(13-16-37)41-31(34-5)23-17-24(32)28(22-9-7-8-10-25(22)33)36-30(23)38(18-39)29-20(4)11-14-35-27(29)19(2)3/h6-11,14,17-19,21H,1,12-13,15-16H2,2-5H3. The quantitative estimate of drug-likeness (QED) is 0.137. The predicted octanol–water partition coefficient (Wildman–Crippen LogP) is 6.23. The summed E-state index contributed by atoms with van der Waals surface area (Å²) in [4.78, 5) is 41.7. The molecule has 1 aliphatic rings. The number of benzene rings is 1. The van der Waals surface area contributed by atoms with Gasteiger partial charge in [0.2, 0.25) is 18.2 Å². The number of anilines is 2. The Morgan fingerprint density at radius 2 is 1.98 bits per heavy atom. The summed E-state index contributed by atoms with van der Waals surface area (Å²) < 4.78 is 21.2. The maximum absolute atomic E-state index is 14.9. The maximum atomic E-state index is 14.9. The lowest BCUT2D eigenvalue weighted by molar-refractivity contribution is -0.127. The number of hydrogen-bond donors (Lipinski definition) is 0. The van der Waals surface area contributed by atoms with Gasteiger partial charge in [-0.15, -0.1) is 0 Å². The van der Waals surface area contributed by atoms with Crippen LogP contribution in [0.15, 0.2) is 60.2 Å². The SMILES string of the molecule is C=CC(=O)N1CCC(OC(=NC)c2cc(Cl)c(-c3ccccc3F)nc2N(C=O)c2c(C)ccnc2C(C)C)CC1. The van der Waals surface area contributed by atoms with Crippen molar-refractivity contribution in [2.75, 3.05) is 25.0 Å². The number of pyridine rings is 2. The van der Waals surface area contributed by atoms with E-state index in [4.69, 9.17) is 21.3 Å². The molecular formula is C31H33ClFN5O3. The summed E-state index contributed by atoms with van der Waals surface area (Å²) in [5, 5.41) is 0.169. The van der Waals surface area contributed by atoms with Crippen molar-refractivity contribution in [3.63, 3.8) is 0 Å². The zero-order valence-electron chi connectivity index (χ0n) is 23.6. The summed E-state index contributed by atoms with van der Waals surface area (Å²) in [6.07, 6.45) is 4.59. The summed E-state index contributed by atoms with van der Waals surface area (Å²) in [7, 11) is 1.58. The first-order valence-corrected chi connectivity index (χ1v) is 13.8. The third-order valence-corrected chi connectivity index (χ3v) is 7.29. The van der Waals surface area contributed by atoms with Gasteiger partial charge >= 0.3 is 0 Å². The number of nitrogens with zero attached hydrogens (tertiary/aromatic N) is 5. The van der Waals surface area contributed by atoms with Gasteiger partial charge in [0.05, 0.1) is 27.7 Å². The van der Waals surface area contributed by atoms with E-state index >= 15 is 0 Å². The summed E-state index contributed by atoms with van der Waals surface area (Å²) in [5.74, 6) is -0.222. The molecule has 10 heteroatoms. The number of carbonyl (C=O) groups excluding carboxylic acids is 2. The second kappa shape index (κ2) is 13.0. The van der Waals surface area contributed by atoms with Gasteiger partial charge in [0.15, 0.2) is 5.82 Å². The summed E-state index contributed by atoms with van der Waals surface area (Å²) in [6.45, 7) is 10.4. The zero-order valence-corrected chi connectivity index (χ0v) is 24.4. The van der Waals surface area contributed by atoms with Gasteiger partial charge in [-0.25, -0.2) is 9.37 Å². The van der Waals surface area contributed by atoms with Gasteiger partial charge in [0.1, 0.15) is 11.9 Å². The van der Waals surface area contributed by atoms with Crippen molar-refractivity contribution >= 4 is 41.3 Å². The number of amides is 2. The number of carbonyl (C=O) groups is 2. The van der Waals surface area contributed by atoms with E-state index in [0.29, 0.717) is 49.3 Å². The molecule has 0 N–H and O–H groups in total. The van der Waals surface area contributed by atoms with Crippen molar-refractivity contribution in [1.29, 1.82) is 0 Å². The normalized spacial score (nSPS) is 14.2. The second-order valence-electron chi connectivity index (χ2n) is 10.0. The topological polar surface area (TPSA) is 88.0 Å². The lowest BCUT2D eigenvalue weighted by atomic mass is 10.0. The molecule has 0 atom stereocenters. The lowest BCUT2D eigenvalue weighted by Crippen LogP contribution is -2.40. The van der Waals surface area contributed by atoms with Gasteiger partial charge in [-0.2, -0.15) is 0 Å². The van der Waals surface area contributed by atoms with Crippen LogP contribution in [0, 0.1) is 12.7 Å². The van der Waals surface area contributed by atoms with E-state index in [9.17, 15) is 14.0 Å². The molecule has 0 radical (unpaired) electrons. The first-order chi connectivity index (χ1) is 19.7. The number of piperidine rings is 1. The van der Waals surface area contributed by atoms with Gasteiger partial charge in [0, 0.05) is 44.7 Å². The first-order valence-electron chi connectivity index (χ1n) is 13.4. The fraction of sp³-hybridized carbons (Fsp3) is 0.323. The maximum Gasteiger partial charge on any atom is 0.245 e. The van der Waals surface area contributed by atoms with E-state index in [-0.39, 0.29) is 45.9 Å². The third kappa shape index (κ3) is 6.30. The van der Waals surface area contributed by atoms with Crippen LogP contribution >= 0.6 is 11.6 Å². The molecule has 3 aromatic rings. The highest BCUT2D eigenvalue weighted by Crippen LogP contribution is 2.38. The summed E-state index contributed by atoms with van der Waals surface area (Å²) in [6, 6.07) is 9.59. The first kappa shape index (κ1) is 29.9. The molecule has 1 saturated heterocycles. The van der Waals surface area contributed by atoms with Crippen LogP contribution in [-0.4, -0.2) is 59.3 Å². The third-order valence-electron chi connectivity index (χ3n) is 7.00. The van der Waals surface area contributed by atoms with E-state index in [1.54, 1.807) is 42.4 Å². The highest BCUT2D eigenvalue weighted by atomic mass is 35.5. The minimum atomic E-state index is -0.500. The average molecular weight is 578 g/mol. The molecular weight excluding hydrogens is 545 g/mol. The fourth-order valence-corrected chi connectivity index (χ4v) is 5.15. The number of hydrogen-bond acceptors (Lipinski definition) is 6. The highest BCUT2D eigenvalue weighted by Gasteiger charge is 2.29. The lowest BCUT2D eigenvalue weighted by Gasteiger charge is -2.32. The number of aromatic nitrogens is 2. The van der Waals surface area contributed by atoms with Crippen LogP contribution in [0.4, 0.5) is 15.9 Å². The van der Waals surface area contributed by atoms with E-state index in [1.807, 2.05) is 26.8 Å². The molecule has 0 unspecified atom stereocenters. The van der Waals surface area contributed by atoms with Crippen LogP contribution in [0.2, 0.25) is 5.02 Å². The molecule has 0 bridgehead atoms. The van der Waals surface area contributed by atoms with Gasteiger partial charge in [0.25, 0.3) is 0 Å².